The molecule has 1 nitrogen and oxygen atoms in total. The summed E-state index contributed by atoms with van der Waals surface area (Å²) in [6.45, 7) is 0. The van der Waals surface area contributed by atoms with E-state index in [9.17, 15) is 0 Å². The van der Waals surface area contributed by atoms with Gasteiger partial charge in [0.25, 0.3) is 0 Å². The molecule has 0 heterocycles. The van der Waals surface area contributed by atoms with E-state index in [0.717, 1.165) is 0 Å². The molecule has 0 aromatic carbocycles. The van der Waals surface area contributed by atoms with Crippen LogP contribution in [0.5, 0.6) is 0 Å². The molecule has 0 rings (SSSR count). The number of rotatable bonds is 0. The first kappa shape index (κ1) is 5.78. The maximum absolute atomic E-state index is 8.73. The van der Waals surface area contributed by atoms with Crippen molar-refractivity contribution in [1.29, 1.82) is 0 Å². The molecule has 0 aliphatic carbocycles. The summed E-state index contributed by atoms with van der Waals surface area (Å²) in [6, 6.07) is 0. The van der Waals surface area contributed by atoms with Crippen molar-refractivity contribution < 1.29 is 3.39 Å². The van der Waals surface area contributed by atoms with Crippen LogP contribution in [-0.2, 0) is 0 Å². The van der Waals surface area contributed by atoms with Crippen molar-refractivity contribution >= 4 is 19.2 Å². The predicted octanol–water partition coefficient (Wildman–Crippen LogP) is 0.546. The Bertz CT molecular complexity index is 22.4. The SMILES string of the molecule is [CH3][SbH]([CH3])([CH3])[OH]. The van der Waals surface area contributed by atoms with Crippen LogP contribution in [0.4, 0.5) is 0 Å². The van der Waals surface area contributed by atoms with E-state index in [-0.39, 0.29) is 0 Å². The van der Waals surface area contributed by atoms with Crippen molar-refractivity contribution in [2.75, 3.05) is 0 Å². The van der Waals surface area contributed by atoms with E-state index >= 15 is 0 Å². The predicted molar refractivity (Wildman–Crippen MR) is 27.0 cm³/mol. The summed E-state index contributed by atoms with van der Waals surface area (Å²) in [7, 11) is 0. The Morgan fingerprint density at radius 2 is 1.20 bits per heavy atom. The standard InChI is InChI=1S/3CH3.H2O.Sb.H/h3*1H3;1H2;;/q;;;;+1;/p-1. The van der Waals surface area contributed by atoms with Gasteiger partial charge in [0.2, 0.25) is 0 Å². The van der Waals surface area contributed by atoms with E-state index in [1.54, 1.807) is 0 Å². The molecule has 2 heteroatoms. The van der Waals surface area contributed by atoms with Crippen molar-refractivity contribution in [3.05, 3.63) is 0 Å². The van der Waals surface area contributed by atoms with Gasteiger partial charge in [-0.3, -0.25) is 0 Å². The van der Waals surface area contributed by atoms with Crippen LogP contribution in [0.15, 0.2) is 0 Å². The molecule has 0 aromatic rings. The van der Waals surface area contributed by atoms with Gasteiger partial charge in [-0.2, -0.15) is 0 Å². The van der Waals surface area contributed by atoms with E-state index in [0.29, 0.717) is 0 Å². The van der Waals surface area contributed by atoms with Crippen LogP contribution < -0.4 is 0 Å². The molecule has 0 bridgehead atoms. The van der Waals surface area contributed by atoms with Crippen LogP contribution in [0.1, 0.15) is 0 Å². The van der Waals surface area contributed by atoms with Crippen LogP contribution in [-0.4, -0.2) is 22.6 Å². The normalized spacial score (nSPS) is 15.2. The molecule has 0 fully saturated rings. The molecule has 0 unspecified atom stereocenters. The summed E-state index contributed by atoms with van der Waals surface area (Å²) in [5.41, 5.74) is 0. The zero-order valence-corrected chi connectivity index (χ0v) is 6.80. The second-order valence-electron chi connectivity index (χ2n) is 2.17. The van der Waals surface area contributed by atoms with Crippen molar-refractivity contribution in [1.82, 2.24) is 0 Å². The molecule has 34 valence electrons. The topological polar surface area (TPSA) is 20.2 Å². The Morgan fingerprint density at radius 3 is 1.20 bits per heavy atom. The fourth-order valence-corrected chi connectivity index (χ4v) is 0. The average molecular weight is 185 g/mol. The maximum atomic E-state index is 8.73. The molecule has 0 atom stereocenters. The van der Waals surface area contributed by atoms with Gasteiger partial charge in [-0.15, -0.1) is 0 Å². The Hall–Kier alpha value is 0.778. The van der Waals surface area contributed by atoms with Gasteiger partial charge in [-0.25, -0.2) is 0 Å². The molecule has 0 aliphatic rings. The van der Waals surface area contributed by atoms with Gasteiger partial charge in [-0.1, -0.05) is 0 Å². The van der Waals surface area contributed by atoms with Gasteiger partial charge in [0.15, 0.2) is 0 Å². The van der Waals surface area contributed by atoms with E-state index in [2.05, 4.69) is 0 Å². The molecule has 0 spiro atoms. The molecule has 0 saturated carbocycles. The summed E-state index contributed by atoms with van der Waals surface area (Å²) in [4.78, 5) is 5.86. The second kappa shape index (κ2) is 1.48. The van der Waals surface area contributed by atoms with E-state index in [4.69, 9.17) is 3.39 Å². The third-order valence-corrected chi connectivity index (χ3v) is 0. The monoisotopic (exact) mass is 184 g/mol. The zero-order chi connectivity index (χ0) is 4.50. The molecular formula is C3H11OSb. The first-order chi connectivity index (χ1) is 2.00. The average Bonchev–Trinajstić information content (AvgIpc) is 0.722. The second-order valence-corrected chi connectivity index (χ2v) is 14.6. The fraction of sp³-hybridized carbons (Fsp3) is 1.00. The first-order valence-corrected chi connectivity index (χ1v) is 11.6. The summed E-state index contributed by atoms with van der Waals surface area (Å²) < 4.78 is 8.73. The van der Waals surface area contributed by atoms with E-state index in [1.807, 2.05) is 14.6 Å². The van der Waals surface area contributed by atoms with Gasteiger partial charge in [-0.05, 0) is 0 Å². The van der Waals surface area contributed by atoms with Crippen molar-refractivity contribution in [2.24, 2.45) is 0 Å². The molecule has 0 amide bonds. The quantitative estimate of drug-likeness (QED) is 0.546. The number of hydrogen-bond acceptors (Lipinski definition) is 1. The molecule has 0 radical (unpaired) electrons. The van der Waals surface area contributed by atoms with Crippen LogP contribution in [0.2, 0.25) is 14.6 Å². The van der Waals surface area contributed by atoms with Gasteiger partial charge >= 0.3 is 37.2 Å². The first-order valence-electron chi connectivity index (χ1n) is 1.72. The minimum absolute atomic E-state index is 1.95. The van der Waals surface area contributed by atoms with Crippen LogP contribution in [0.3, 0.4) is 0 Å². The Kier molecular flexibility index (Phi) is 1.72. The van der Waals surface area contributed by atoms with Crippen molar-refractivity contribution in [3.8, 4) is 0 Å². The summed E-state index contributed by atoms with van der Waals surface area (Å²) in [5.74, 6) is 0. The van der Waals surface area contributed by atoms with Gasteiger partial charge < -0.3 is 0 Å². The zero-order valence-electron chi connectivity index (χ0n) is 3.95. The third-order valence-electron chi connectivity index (χ3n) is 0. The van der Waals surface area contributed by atoms with E-state index < -0.39 is 19.2 Å². The van der Waals surface area contributed by atoms with Crippen molar-refractivity contribution in [3.63, 3.8) is 0 Å². The van der Waals surface area contributed by atoms with Crippen LogP contribution in [0, 0.1) is 0 Å². The Labute approximate surface area is 37.6 Å². The summed E-state index contributed by atoms with van der Waals surface area (Å²) >= 11 is -2.18. The van der Waals surface area contributed by atoms with Gasteiger partial charge in [0.1, 0.15) is 0 Å². The van der Waals surface area contributed by atoms with E-state index in [1.165, 1.54) is 0 Å². The molecular weight excluding hydrogens is 174 g/mol. The van der Waals surface area contributed by atoms with Gasteiger partial charge in [0, 0.05) is 0 Å². The number of hydrogen-bond donors (Lipinski definition) is 1. The minimum atomic E-state index is -2.18. The van der Waals surface area contributed by atoms with Gasteiger partial charge in [0.05, 0.1) is 0 Å². The third kappa shape index (κ3) is 60.9. The molecule has 0 aromatic heterocycles. The van der Waals surface area contributed by atoms with Crippen LogP contribution >= 0.6 is 0 Å². The summed E-state index contributed by atoms with van der Waals surface area (Å²) in [5, 5.41) is 0. The molecule has 0 aliphatic heterocycles. The Morgan fingerprint density at radius 1 is 1.20 bits per heavy atom. The molecule has 0 saturated heterocycles. The Balaban J connectivity index is 3.02. The summed E-state index contributed by atoms with van der Waals surface area (Å²) in [6.07, 6.45) is 0. The fourth-order valence-electron chi connectivity index (χ4n) is 0. The van der Waals surface area contributed by atoms with Crippen molar-refractivity contribution in [2.45, 2.75) is 14.6 Å². The van der Waals surface area contributed by atoms with Crippen LogP contribution in [0.25, 0.3) is 0 Å². The molecule has 5 heavy (non-hydrogen) atoms. The molecule has 1 N–H and O–H groups in total.